The Kier molecular flexibility index (Phi) is 2.14. The Hall–Kier alpha value is -0.0800. The Morgan fingerprint density at radius 3 is 2.55 bits per heavy atom. The maximum atomic E-state index is 3.43. The highest BCUT2D eigenvalue weighted by molar-refractivity contribution is 4.91. The first-order chi connectivity index (χ1) is 5.42. The average molecular weight is 154 g/mol. The van der Waals surface area contributed by atoms with E-state index in [0.29, 0.717) is 0 Å². The zero-order valence-electron chi connectivity index (χ0n) is 7.34. The standard InChI is InChI=1S/C9H18N2/c1-2-11(8-3-4-8)9-5-6-10-7-9/h8-10H,2-7H2,1H3. The van der Waals surface area contributed by atoms with Gasteiger partial charge >= 0.3 is 0 Å². The fourth-order valence-corrected chi connectivity index (χ4v) is 2.14. The lowest BCUT2D eigenvalue weighted by molar-refractivity contribution is 0.209. The van der Waals surface area contributed by atoms with Gasteiger partial charge in [-0.1, -0.05) is 6.92 Å². The molecule has 1 aliphatic heterocycles. The van der Waals surface area contributed by atoms with Crippen LogP contribution in [0.5, 0.6) is 0 Å². The van der Waals surface area contributed by atoms with Crippen LogP contribution >= 0.6 is 0 Å². The molecule has 0 aromatic carbocycles. The van der Waals surface area contributed by atoms with Crippen LogP contribution in [0.4, 0.5) is 0 Å². The van der Waals surface area contributed by atoms with Gasteiger partial charge in [-0.3, -0.25) is 4.90 Å². The van der Waals surface area contributed by atoms with Crippen molar-refractivity contribution >= 4 is 0 Å². The van der Waals surface area contributed by atoms with Crippen LogP contribution in [0.15, 0.2) is 0 Å². The third-order valence-corrected chi connectivity index (χ3v) is 2.88. The van der Waals surface area contributed by atoms with E-state index in [9.17, 15) is 0 Å². The summed E-state index contributed by atoms with van der Waals surface area (Å²) in [7, 11) is 0. The van der Waals surface area contributed by atoms with E-state index < -0.39 is 0 Å². The number of likely N-dealkylation sites (N-methyl/N-ethyl adjacent to an activating group) is 1. The maximum Gasteiger partial charge on any atom is 0.0235 e. The first kappa shape index (κ1) is 7.56. The van der Waals surface area contributed by atoms with Crippen LogP contribution < -0.4 is 5.32 Å². The molecule has 1 aliphatic carbocycles. The summed E-state index contributed by atoms with van der Waals surface area (Å²) in [6.45, 7) is 5.99. The third kappa shape index (κ3) is 1.57. The topological polar surface area (TPSA) is 15.3 Å². The molecule has 2 aliphatic rings. The van der Waals surface area contributed by atoms with Crippen molar-refractivity contribution in [3.8, 4) is 0 Å². The van der Waals surface area contributed by atoms with Gasteiger partial charge < -0.3 is 5.32 Å². The van der Waals surface area contributed by atoms with E-state index in [0.717, 1.165) is 12.1 Å². The van der Waals surface area contributed by atoms with Crippen molar-refractivity contribution in [1.82, 2.24) is 10.2 Å². The zero-order chi connectivity index (χ0) is 7.68. The summed E-state index contributed by atoms with van der Waals surface area (Å²) in [4.78, 5) is 2.68. The minimum atomic E-state index is 0.854. The van der Waals surface area contributed by atoms with E-state index in [-0.39, 0.29) is 0 Å². The van der Waals surface area contributed by atoms with E-state index in [4.69, 9.17) is 0 Å². The van der Waals surface area contributed by atoms with Gasteiger partial charge in [0.1, 0.15) is 0 Å². The molecule has 1 unspecified atom stereocenters. The number of nitrogens with zero attached hydrogens (tertiary/aromatic N) is 1. The van der Waals surface area contributed by atoms with Crippen molar-refractivity contribution in [2.24, 2.45) is 0 Å². The fourth-order valence-electron chi connectivity index (χ4n) is 2.14. The molecule has 0 spiro atoms. The van der Waals surface area contributed by atoms with Gasteiger partial charge in [-0.15, -0.1) is 0 Å². The first-order valence-corrected chi connectivity index (χ1v) is 4.88. The highest BCUT2D eigenvalue weighted by atomic mass is 15.2. The van der Waals surface area contributed by atoms with Gasteiger partial charge in [0, 0.05) is 18.6 Å². The largest absolute Gasteiger partial charge is 0.315 e. The van der Waals surface area contributed by atoms with E-state index >= 15 is 0 Å². The van der Waals surface area contributed by atoms with Crippen LogP contribution in [0.25, 0.3) is 0 Å². The molecule has 2 nitrogen and oxygen atoms in total. The second kappa shape index (κ2) is 3.11. The number of nitrogens with one attached hydrogen (secondary N) is 1. The highest BCUT2D eigenvalue weighted by Gasteiger charge is 2.33. The van der Waals surface area contributed by atoms with Crippen LogP contribution in [0.3, 0.4) is 0 Å². The van der Waals surface area contributed by atoms with Crippen LogP contribution in [0.2, 0.25) is 0 Å². The molecule has 64 valence electrons. The molecule has 1 saturated heterocycles. The van der Waals surface area contributed by atoms with Crippen molar-refractivity contribution in [2.45, 2.75) is 38.3 Å². The molecule has 2 rings (SSSR count). The fraction of sp³-hybridized carbons (Fsp3) is 1.00. The molecule has 0 aromatic heterocycles. The number of rotatable bonds is 3. The molecule has 0 aromatic rings. The average Bonchev–Trinajstić information content (AvgIpc) is 2.68. The number of hydrogen-bond donors (Lipinski definition) is 1. The van der Waals surface area contributed by atoms with Gasteiger partial charge in [0.25, 0.3) is 0 Å². The molecule has 1 N–H and O–H groups in total. The van der Waals surface area contributed by atoms with Crippen LogP contribution in [0.1, 0.15) is 26.2 Å². The van der Waals surface area contributed by atoms with Gasteiger partial charge in [0.2, 0.25) is 0 Å². The monoisotopic (exact) mass is 154 g/mol. The SMILES string of the molecule is CCN(C1CC1)C1CCNC1. The van der Waals surface area contributed by atoms with Gasteiger partial charge in [-0.2, -0.15) is 0 Å². The predicted molar refractivity (Wildman–Crippen MR) is 46.7 cm³/mol. The minimum Gasteiger partial charge on any atom is -0.315 e. The molecule has 1 saturated carbocycles. The molecule has 2 fully saturated rings. The summed E-state index contributed by atoms with van der Waals surface area (Å²) >= 11 is 0. The van der Waals surface area contributed by atoms with E-state index in [2.05, 4.69) is 17.1 Å². The molecule has 11 heavy (non-hydrogen) atoms. The second-order valence-corrected chi connectivity index (χ2v) is 3.71. The minimum absolute atomic E-state index is 0.854. The van der Waals surface area contributed by atoms with Crippen molar-refractivity contribution in [1.29, 1.82) is 0 Å². The van der Waals surface area contributed by atoms with E-state index in [1.165, 1.54) is 38.9 Å². The first-order valence-electron chi connectivity index (χ1n) is 4.88. The molecule has 2 heteroatoms. The van der Waals surface area contributed by atoms with E-state index in [1.54, 1.807) is 0 Å². The smallest absolute Gasteiger partial charge is 0.0235 e. The summed E-state index contributed by atoms with van der Waals surface area (Å²) in [6, 6.07) is 1.80. The lowest BCUT2D eigenvalue weighted by atomic mass is 10.2. The van der Waals surface area contributed by atoms with Crippen molar-refractivity contribution in [3.63, 3.8) is 0 Å². The maximum absolute atomic E-state index is 3.43. The Morgan fingerprint density at radius 2 is 2.09 bits per heavy atom. The molecule has 0 radical (unpaired) electrons. The van der Waals surface area contributed by atoms with Gasteiger partial charge in [-0.05, 0) is 32.4 Å². The Labute approximate surface area is 69.0 Å². The third-order valence-electron chi connectivity index (χ3n) is 2.88. The second-order valence-electron chi connectivity index (χ2n) is 3.71. The quantitative estimate of drug-likeness (QED) is 0.648. The molecule has 1 atom stereocenters. The summed E-state index contributed by atoms with van der Waals surface area (Å²) < 4.78 is 0. The zero-order valence-corrected chi connectivity index (χ0v) is 7.34. The van der Waals surface area contributed by atoms with Crippen molar-refractivity contribution < 1.29 is 0 Å². The highest BCUT2D eigenvalue weighted by Crippen LogP contribution is 2.29. The lowest BCUT2D eigenvalue weighted by Gasteiger charge is -2.26. The Balaban J connectivity index is 1.87. The van der Waals surface area contributed by atoms with Gasteiger partial charge in [0.15, 0.2) is 0 Å². The van der Waals surface area contributed by atoms with Crippen LogP contribution in [0, 0.1) is 0 Å². The predicted octanol–water partition coefficient (Wildman–Crippen LogP) is 0.833. The molecule has 1 heterocycles. The van der Waals surface area contributed by atoms with Crippen LogP contribution in [-0.2, 0) is 0 Å². The van der Waals surface area contributed by atoms with Gasteiger partial charge in [-0.25, -0.2) is 0 Å². The molecular formula is C9H18N2. The van der Waals surface area contributed by atoms with Crippen molar-refractivity contribution in [3.05, 3.63) is 0 Å². The Bertz CT molecular complexity index is 126. The summed E-state index contributed by atoms with van der Waals surface area (Å²) in [5.41, 5.74) is 0. The lowest BCUT2D eigenvalue weighted by Crippen LogP contribution is -2.38. The molecular weight excluding hydrogens is 136 g/mol. The molecule has 0 bridgehead atoms. The summed E-state index contributed by atoms with van der Waals surface area (Å²) in [6.07, 6.45) is 4.26. The van der Waals surface area contributed by atoms with Crippen LogP contribution in [-0.4, -0.2) is 36.6 Å². The molecule has 0 amide bonds. The van der Waals surface area contributed by atoms with Gasteiger partial charge in [0.05, 0.1) is 0 Å². The van der Waals surface area contributed by atoms with E-state index in [1.807, 2.05) is 0 Å². The van der Waals surface area contributed by atoms with Crippen molar-refractivity contribution in [2.75, 3.05) is 19.6 Å². The summed E-state index contributed by atoms with van der Waals surface area (Å²) in [5, 5.41) is 3.43. The normalized spacial score (nSPS) is 31.6. The summed E-state index contributed by atoms with van der Waals surface area (Å²) in [5.74, 6) is 0. The Morgan fingerprint density at radius 1 is 1.27 bits per heavy atom. The number of hydrogen-bond acceptors (Lipinski definition) is 2.